The molecule has 1 heterocycles. The van der Waals surface area contributed by atoms with Gasteiger partial charge in [-0.15, -0.1) is 0 Å². The van der Waals surface area contributed by atoms with Gasteiger partial charge in [0.25, 0.3) is 0 Å². The smallest absolute Gasteiger partial charge is 0.320 e. The number of hydrogen-bond acceptors (Lipinski definition) is 10. The second-order valence-electron chi connectivity index (χ2n) is 8.12. The van der Waals surface area contributed by atoms with Crippen molar-refractivity contribution in [1.29, 1.82) is 0 Å². The van der Waals surface area contributed by atoms with Crippen molar-refractivity contribution in [1.82, 2.24) is 19.6 Å². The molecule has 0 amide bonds. The molecule has 184 valence electrons. The van der Waals surface area contributed by atoms with E-state index in [1.165, 1.54) is 0 Å². The van der Waals surface area contributed by atoms with Crippen LogP contribution in [0.5, 0.6) is 0 Å². The molecule has 1 rings (SSSR count). The molecule has 0 aromatic heterocycles. The molecule has 0 bridgehead atoms. The van der Waals surface area contributed by atoms with Gasteiger partial charge >= 0.3 is 11.9 Å². The predicted octanol–water partition coefficient (Wildman–Crippen LogP) is -0.488. The van der Waals surface area contributed by atoms with Crippen molar-refractivity contribution < 1.29 is 28.7 Å². The summed E-state index contributed by atoms with van der Waals surface area (Å²) in [6.45, 7) is 13.1. The first-order valence-corrected chi connectivity index (χ1v) is 11.4. The fourth-order valence-corrected chi connectivity index (χ4v) is 3.62. The molecule has 1 aliphatic rings. The van der Waals surface area contributed by atoms with Crippen molar-refractivity contribution in [2.24, 2.45) is 0 Å². The highest BCUT2D eigenvalue weighted by molar-refractivity contribution is 5.78. The first-order valence-electron chi connectivity index (χ1n) is 11.4. The highest BCUT2D eigenvalue weighted by Gasteiger charge is 2.20. The summed E-state index contributed by atoms with van der Waals surface area (Å²) in [5, 5.41) is 0. The maximum absolute atomic E-state index is 12.1. The fourth-order valence-electron chi connectivity index (χ4n) is 3.62. The minimum atomic E-state index is -0.290. The van der Waals surface area contributed by atoms with Gasteiger partial charge < -0.3 is 9.47 Å². The van der Waals surface area contributed by atoms with Crippen LogP contribution in [0.25, 0.3) is 0 Å². The molecule has 0 atom stereocenters. The average molecular weight is 457 g/mol. The van der Waals surface area contributed by atoms with Crippen LogP contribution in [0.2, 0.25) is 0 Å². The Kier molecular flexibility index (Phi) is 13.9. The lowest BCUT2D eigenvalue weighted by Gasteiger charge is -2.33. The summed E-state index contributed by atoms with van der Waals surface area (Å²) in [4.78, 5) is 55.8. The fraction of sp³-hybridized carbons (Fsp3) is 0.818. The Bertz CT molecular complexity index is 563. The molecule has 0 saturated carbocycles. The molecule has 0 aromatic rings. The predicted molar refractivity (Wildman–Crippen MR) is 120 cm³/mol. The number of Topliss-reactive ketones (excluding diaryl/α,β-unsaturated/α-hetero) is 2. The van der Waals surface area contributed by atoms with Gasteiger partial charge in [0.15, 0.2) is 0 Å². The zero-order valence-electron chi connectivity index (χ0n) is 20.1. The van der Waals surface area contributed by atoms with E-state index in [0.29, 0.717) is 78.7 Å². The topological polar surface area (TPSA) is 99.7 Å². The van der Waals surface area contributed by atoms with Gasteiger partial charge in [-0.05, 0) is 27.7 Å². The number of carbonyl (C=O) groups excluding carboxylic acids is 4. The van der Waals surface area contributed by atoms with Crippen molar-refractivity contribution in [3.63, 3.8) is 0 Å². The van der Waals surface area contributed by atoms with Crippen LogP contribution in [0, 0.1) is 0 Å². The molecule has 0 N–H and O–H groups in total. The largest absolute Gasteiger partial charge is 0.465 e. The number of rotatable bonds is 10. The monoisotopic (exact) mass is 456 g/mol. The van der Waals surface area contributed by atoms with E-state index in [0.717, 1.165) is 0 Å². The highest BCUT2D eigenvalue weighted by atomic mass is 16.5. The Morgan fingerprint density at radius 2 is 0.781 bits per heavy atom. The van der Waals surface area contributed by atoms with Gasteiger partial charge in [-0.1, -0.05) is 0 Å². The third kappa shape index (κ3) is 12.8. The number of carbonyl (C=O) groups is 4. The van der Waals surface area contributed by atoms with Gasteiger partial charge in [0, 0.05) is 52.4 Å². The number of hydrogen-bond donors (Lipinski definition) is 0. The summed E-state index contributed by atoms with van der Waals surface area (Å²) in [5.41, 5.74) is 0. The van der Waals surface area contributed by atoms with Crippen LogP contribution in [0.4, 0.5) is 0 Å². The lowest BCUT2D eigenvalue weighted by atomic mass is 10.3. The van der Waals surface area contributed by atoms with E-state index in [1.807, 2.05) is 9.80 Å². The Morgan fingerprint density at radius 1 is 0.531 bits per heavy atom. The van der Waals surface area contributed by atoms with E-state index >= 15 is 0 Å². The van der Waals surface area contributed by atoms with E-state index < -0.39 is 0 Å². The highest BCUT2D eigenvalue weighted by Crippen LogP contribution is 2.02. The summed E-state index contributed by atoms with van der Waals surface area (Å²) >= 11 is 0. The van der Waals surface area contributed by atoms with Crippen LogP contribution >= 0.6 is 0 Å². The van der Waals surface area contributed by atoms with E-state index in [9.17, 15) is 19.2 Å². The van der Waals surface area contributed by atoms with Crippen LogP contribution in [0.15, 0.2) is 0 Å². The number of esters is 2. The van der Waals surface area contributed by atoms with Gasteiger partial charge in [0.1, 0.15) is 11.6 Å². The van der Waals surface area contributed by atoms with Gasteiger partial charge in [0.2, 0.25) is 0 Å². The number of ether oxygens (including phenoxy) is 2. The molecular weight excluding hydrogens is 416 g/mol. The third-order valence-electron chi connectivity index (χ3n) is 5.14. The molecule has 1 fully saturated rings. The molecule has 0 unspecified atom stereocenters. The molecule has 0 radical (unpaired) electrons. The molecule has 0 aromatic carbocycles. The lowest BCUT2D eigenvalue weighted by molar-refractivity contribution is -0.146. The molecule has 0 spiro atoms. The van der Waals surface area contributed by atoms with Crippen molar-refractivity contribution in [2.45, 2.75) is 27.7 Å². The van der Waals surface area contributed by atoms with Gasteiger partial charge in [-0.3, -0.25) is 38.8 Å². The lowest BCUT2D eigenvalue weighted by Crippen LogP contribution is -2.49. The summed E-state index contributed by atoms with van der Waals surface area (Å²) < 4.78 is 10.2. The Balaban J connectivity index is 2.95. The van der Waals surface area contributed by atoms with E-state index in [-0.39, 0.29) is 36.6 Å². The van der Waals surface area contributed by atoms with Gasteiger partial charge in [0.05, 0.1) is 39.4 Å². The van der Waals surface area contributed by atoms with Gasteiger partial charge in [-0.25, -0.2) is 0 Å². The van der Waals surface area contributed by atoms with Crippen molar-refractivity contribution in [2.75, 3.05) is 91.8 Å². The van der Waals surface area contributed by atoms with E-state index in [4.69, 9.17) is 9.47 Å². The van der Waals surface area contributed by atoms with E-state index in [2.05, 4.69) is 9.80 Å². The van der Waals surface area contributed by atoms with Crippen molar-refractivity contribution >= 4 is 23.5 Å². The first kappa shape index (κ1) is 28.2. The maximum atomic E-state index is 12.1. The van der Waals surface area contributed by atoms with E-state index in [1.54, 1.807) is 27.7 Å². The van der Waals surface area contributed by atoms with Crippen LogP contribution in [0.3, 0.4) is 0 Å². The summed E-state index contributed by atoms with van der Waals surface area (Å²) in [6.07, 6.45) is 0. The molecule has 1 aliphatic heterocycles. The summed E-state index contributed by atoms with van der Waals surface area (Å²) in [5.74, 6) is -0.426. The number of nitrogens with zero attached hydrogens (tertiary/aromatic N) is 4. The van der Waals surface area contributed by atoms with Crippen LogP contribution in [-0.2, 0) is 28.7 Å². The van der Waals surface area contributed by atoms with Crippen LogP contribution in [0.1, 0.15) is 27.7 Å². The second kappa shape index (κ2) is 15.8. The SMILES string of the molecule is CCOC(=O)CN1CCN(CC(C)=O)CCN(CC(C)=O)CCN(CC(=O)OCC)CC1. The minimum Gasteiger partial charge on any atom is -0.465 e. The van der Waals surface area contributed by atoms with Crippen LogP contribution in [-0.4, -0.2) is 135 Å². The minimum absolute atomic E-state index is 0.0766. The zero-order valence-corrected chi connectivity index (χ0v) is 20.1. The van der Waals surface area contributed by atoms with Crippen molar-refractivity contribution in [3.05, 3.63) is 0 Å². The standard InChI is InChI=1S/C22H40N4O6/c1-5-31-21(29)17-25-11-9-23(15-19(3)27)7-8-24(16-20(4)28)10-12-26(14-13-25)18-22(30)32-6-2/h5-18H2,1-4H3. The number of ketones is 2. The molecule has 10 heteroatoms. The summed E-state index contributed by atoms with van der Waals surface area (Å²) in [7, 11) is 0. The zero-order chi connectivity index (χ0) is 23.9. The second-order valence-corrected chi connectivity index (χ2v) is 8.12. The Morgan fingerprint density at radius 3 is 1.00 bits per heavy atom. The molecule has 32 heavy (non-hydrogen) atoms. The van der Waals surface area contributed by atoms with Gasteiger partial charge in [-0.2, -0.15) is 0 Å². The maximum Gasteiger partial charge on any atom is 0.320 e. The molecule has 10 nitrogen and oxygen atoms in total. The Hall–Kier alpha value is -1.88. The van der Waals surface area contributed by atoms with Crippen LogP contribution < -0.4 is 0 Å². The third-order valence-corrected chi connectivity index (χ3v) is 5.14. The quantitative estimate of drug-likeness (QED) is 0.401. The normalized spacial score (nSPS) is 18.4. The first-order chi connectivity index (χ1) is 15.2. The Labute approximate surface area is 191 Å². The molecule has 0 aliphatic carbocycles. The molecule has 1 saturated heterocycles. The molecular formula is C22H40N4O6. The average Bonchev–Trinajstić information content (AvgIpc) is 2.69. The van der Waals surface area contributed by atoms with Crippen molar-refractivity contribution in [3.8, 4) is 0 Å². The summed E-state index contributed by atoms with van der Waals surface area (Å²) in [6, 6.07) is 0.